The van der Waals surface area contributed by atoms with Gasteiger partial charge >= 0.3 is 11.9 Å². The number of anilines is 1. The maximum atomic E-state index is 14.4. The second-order valence-electron chi connectivity index (χ2n) is 21.8. The number of hydrogen-bond acceptors (Lipinski definition) is 14. The van der Waals surface area contributed by atoms with Crippen molar-refractivity contribution < 1.29 is 57.8 Å². The average Bonchev–Trinajstić information content (AvgIpc) is 4.13. The maximum Gasteiger partial charge on any atom is 0.306 e. The summed E-state index contributed by atoms with van der Waals surface area (Å²) in [4.78, 5) is 139. The third-order valence-corrected chi connectivity index (χ3v) is 15.9. The van der Waals surface area contributed by atoms with Crippen molar-refractivity contribution in [2.45, 2.75) is 175 Å². The quantitative estimate of drug-likeness (QED) is 0.0335. The molecule has 0 radical (unpaired) electrons. The first-order valence-corrected chi connectivity index (χ1v) is 28.0. The third kappa shape index (κ3) is 18.0. The van der Waals surface area contributed by atoms with Gasteiger partial charge in [0.2, 0.25) is 29.5 Å². The summed E-state index contributed by atoms with van der Waals surface area (Å²) in [6, 6.07) is 2.87. The topological polar surface area (TPSA) is 283 Å². The number of likely N-dealkylation sites (N-methyl/N-ethyl adjacent to an activating group) is 2. The molecule has 0 aliphatic carbocycles. The molecule has 1 fully saturated rings. The fourth-order valence-electron chi connectivity index (χ4n) is 9.56. The van der Waals surface area contributed by atoms with Crippen molar-refractivity contribution in [3.8, 4) is 0 Å². The largest absolute Gasteiger partial charge is 0.481 e. The normalized spacial score (nSPS) is 18.6. The summed E-state index contributed by atoms with van der Waals surface area (Å²) < 4.78 is 5.82. The molecule has 0 spiro atoms. The summed E-state index contributed by atoms with van der Waals surface area (Å²) in [7, 11) is 3.59. The number of imide groups is 1. The maximum absolute atomic E-state index is 14.4. The summed E-state index contributed by atoms with van der Waals surface area (Å²) in [6.07, 6.45) is 5.87. The molecular weight excluding hydrogens is 1020 g/mol. The predicted molar refractivity (Wildman–Crippen MR) is 294 cm³/mol. The number of carboxylic acids is 1. The van der Waals surface area contributed by atoms with Crippen molar-refractivity contribution in [3.05, 3.63) is 58.1 Å². The lowest BCUT2D eigenvalue weighted by molar-refractivity contribution is -0.149. The van der Waals surface area contributed by atoms with Gasteiger partial charge in [-0.25, -0.2) is 4.98 Å². The van der Waals surface area contributed by atoms with E-state index in [1.165, 1.54) is 38.3 Å². The van der Waals surface area contributed by atoms with Gasteiger partial charge in [-0.15, -0.1) is 11.3 Å². The van der Waals surface area contributed by atoms with Crippen molar-refractivity contribution in [1.82, 2.24) is 41.0 Å². The molecule has 2 aromatic rings. The first kappa shape index (κ1) is 64.0. The number of ether oxygens (including phenoxy) is 1. The zero-order valence-corrected chi connectivity index (χ0v) is 48.3. The van der Waals surface area contributed by atoms with Crippen LogP contribution < -0.4 is 26.6 Å². The van der Waals surface area contributed by atoms with Gasteiger partial charge in [-0.1, -0.05) is 73.4 Å². The van der Waals surface area contributed by atoms with E-state index >= 15 is 0 Å². The molecule has 4 rings (SSSR count). The first-order valence-electron chi connectivity index (χ1n) is 27.1. The highest BCUT2D eigenvalue weighted by Gasteiger charge is 2.44. The number of nitrogens with one attached hydrogen (secondary N) is 5. The molecule has 8 unspecified atom stereocenters. The van der Waals surface area contributed by atoms with Gasteiger partial charge < -0.3 is 41.3 Å². The molecule has 2 aliphatic heterocycles. The average molecular weight is 1110 g/mol. The predicted octanol–water partition coefficient (Wildman–Crippen LogP) is 5.16. The zero-order valence-electron chi connectivity index (χ0n) is 47.4. The Hall–Kier alpha value is -6.55. The summed E-state index contributed by atoms with van der Waals surface area (Å²) in [5.41, 5.74) is 0.404. The molecule has 6 N–H and O–H groups in total. The highest BCUT2D eigenvalue weighted by atomic mass is 32.1. The number of unbranched alkanes of at least 4 members (excludes halogenated alkanes) is 2. The zero-order chi connectivity index (χ0) is 58.2. The van der Waals surface area contributed by atoms with Gasteiger partial charge in [0, 0.05) is 68.7 Å². The van der Waals surface area contributed by atoms with E-state index in [0.29, 0.717) is 48.4 Å². The minimum Gasteiger partial charge on any atom is -0.481 e. The lowest BCUT2D eigenvalue weighted by Crippen LogP contribution is -2.60. The summed E-state index contributed by atoms with van der Waals surface area (Å²) >= 11 is 1.11. The number of carboxylic acid groups (broad SMARTS) is 1. The standard InChI is InChI=1S/C56H83N9O12S/c1-13-34(6)48(62-55(76)56(10)25-17-26-63(56)11)53(73)64(12)42(32(2)3)30-43(77-37(9)66)52-60-41(31-78-52)50(71)59-40(28-35(7)54(74)75)29-38-19-21-39(22-20-38)58-49(70)36(8)57-51(72)47(33(4)5)61-44(67)18-15-14-16-27-65-45(68)23-24-46(65)69/h19-24,31-36,40,42-43,47-48H,13-18,25-30H2,1-12H3,(H,57,72)(H,58,70)(H,59,71)(H,61,67)(H,62,76)(H,74,75)/t34?,35?,36?,40?,42?,43?,47?,48?,56-/m1/s1. The molecule has 2 aliphatic rings. The highest BCUT2D eigenvalue weighted by Crippen LogP contribution is 2.32. The van der Waals surface area contributed by atoms with Crippen LogP contribution in [-0.2, 0) is 54.3 Å². The number of rotatable bonds is 30. The minimum absolute atomic E-state index is 0.0229. The smallest absolute Gasteiger partial charge is 0.306 e. The molecule has 1 aromatic heterocycles. The second-order valence-corrected chi connectivity index (χ2v) is 22.7. The Morgan fingerprint density at radius 1 is 0.846 bits per heavy atom. The fraction of sp³-hybridized carbons (Fsp3) is 0.625. The molecule has 0 saturated carbocycles. The Morgan fingerprint density at radius 2 is 1.50 bits per heavy atom. The third-order valence-electron chi connectivity index (χ3n) is 15.0. The summed E-state index contributed by atoms with van der Waals surface area (Å²) in [6.45, 7) is 18.6. The first-order chi connectivity index (χ1) is 36.7. The van der Waals surface area contributed by atoms with Crippen LogP contribution in [0.15, 0.2) is 41.8 Å². The number of carbonyl (C=O) groups excluding carboxylic acids is 9. The molecule has 1 aromatic carbocycles. The molecule has 8 amide bonds. The van der Waals surface area contributed by atoms with Crippen molar-refractivity contribution in [3.63, 3.8) is 0 Å². The van der Waals surface area contributed by atoms with Gasteiger partial charge in [-0.05, 0) is 101 Å². The monoisotopic (exact) mass is 1110 g/mol. The van der Waals surface area contributed by atoms with Crippen molar-refractivity contribution in [2.24, 2.45) is 23.7 Å². The van der Waals surface area contributed by atoms with Gasteiger partial charge in [-0.3, -0.25) is 57.7 Å². The van der Waals surface area contributed by atoms with E-state index in [2.05, 4.69) is 31.6 Å². The fourth-order valence-corrected chi connectivity index (χ4v) is 10.4. The van der Waals surface area contributed by atoms with Crippen LogP contribution in [0.2, 0.25) is 0 Å². The number of aromatic nitrogens is 1. The lowest BCUT2D eigenvalue weighted by atomic mass is 9.91. The van der Waals surface area contributed by atoms with E-state index in [0.717, 1.165) is 29.2 Å². The van der Waals surface area contributed by atoms with Crippen LogP contribution in [0.1, 0.15) is 154 Å². The molecule has 78 heavy (non-hydrogen) atoms. The molecule has 3 heterocycles. The second kappa shape index (κ2) is 29.4. The van der Waals surface area contributed by atoms with Crippen LogP contribution in [0.25, 0.3) is 0 Å². The van der Waals surface area contributed by atoms with E-state index in [4.69, 9.17) is 4.74 Å². The van der Waals surface area contributed by atoms with Crippen LogP contribution in [0, 0.1) is 23.7 Å². The Labute approximate surface area is 462 Å². The van der Waals surface area contributed by atoms with Crippen LogP contribution in [0.3, 0.4) is 0 Å². The summed E-state index contributed by atoms with van der Waals surface area (Å²) in [5.74, 6) is -6.25. The molecular formula is C56H83N9O12S. The number of aliphatic carboxylic acids is 1. The van der Waals surface area contributed by atoms with Gasteiger partial charge in [0.25, 0.3) is 17.7 Å². The van der Waals surface area contributed by atoms with Gasteiger partial charge in [0.1, 0.15) is 28.8 Å². The Kier molecular flexibility index (Phi) is 24.1. The summed E-state index contributed by atoms with van der Waals surface area (Å²) in [5, 5.41) is 25.9. The van der Waals surface area contributed by atoms with E-state index in [-0.39, 0.29) is 85.2 Å². The van der Waals surface area contributed by atoms with E-state index in [9.17, 15) is 53.1 Å². The van der Waals surface area contributed by atoms with E-state index in [1.807, 2.05) is 46.6 Å². The Bertz CT molecular complexity index is 2480. The van der Waals surface area contributed by atoms with Crippen LogP contribution >= 0.6 is 11.3 Å². The van der Waals surface area contributed by atoms with Crippen molar-refractivity contribution >= 4 is 76.2 Å². The number of nitrogens with zero attached hydrogens (tertiary/aromatic N) is 4. The number of amides is 8. The van der Waals surface area contributed by atoms with E-state index in [1.54, 1.807) is 50.1 Å². The van der Waals surface area contributed by atoms with Gasteiger partial charge in [0.05, 0.1) is 11.5 Å². The molecule has 0 bridgehead atoms. The number of benzene rings is 1. The van der Waals surface area contributed by atoms with Crippen LogP contribution in [0.4, 0.5) is 5.69 Å². The Balaban J connectivity index is 1.38. The van der Waals surface area contributed by atoms with E-state index < -0.39 is 77.4 Å². The number of esters is 1. The van der Waals surface area contributed by atoms with Crippen LogP contribution in [-0.4, -0.2) is 147 Å². The van der Waals surface area contributed by atoms with Gasteiger partial charge in [-0.2, -0.15) is 0 Å². The number of hydrogen-bond donors (Lipinski definition) is 6. The Morgan fingerprint density at radius 3 is 2.06 bits per heavy atom. The lowest BCUT2D eigenvalue weighted by Gasteiger charge is -2.38. The number of carbonyl (C=O) groups is 10. The van der Waals surface area contributed by atoms with Gasteiger partial charge in [0.15, 0.2) is 6.10 Å². The minimum atomic E-state index is -1.05. The van der Waals surface area contributed by atoms with Crippen molar-refractivity contribution in [2.75, 3.05) is 32.5 Å². The number of likely N-dealkylation sites (tertiary alicyclic amines) is 1. The number of thiazole rings is 1. The molecule has 430 valence electrons. The molecule has 1 saturated heterocycles. The molecule has 9 atom stereocenters. The van der Waals surface area contributed by atoms with Crippen molar-refractivity contribution in [1.29, 1.82) is 0 Å². The molecule has 22 heteroatoms. The molecule has 21 nitrogen and oxygen atoms in total. The SMILES string of the molecule is CCC(C)C(NC(=O)[C@@]1(C)CCCN1C)C(=O)N(C)C(CC(OC(C)=O)c1nc(C(=O)NC(Cc2ccc(NC(=O)C(C)NC(=O)C(NC(=O)CCCCCN3C(=O)C=CC3=O)C(C)C)cc2)CC(C)C(=O)O)cs1)C(C)C. The highest BCUT2D eigenvalue weighted by molar-refractivity contribution is 7.09. The van der Waals surface area contributed by atoms with Crippen LogP contribution in [0.5, 0.6) is 0 Å².